The van der Waals surface area contributed by atoms with Crippen LogP contribution in [0.25, 0.3) is 0 Å². The van der Waals surface area contributed by atoms with Crippen molar-refractivity contribution in [3.63, 3.8) is 0 Å². The lowest BCUT2D eigenvalue weighted by molar-refractivity contribution is 0.00271. The highest BCUT2D eigenvalue weighted by Gasteiger charge is 2.29. The fraction of sp³-hybridized carbons (Fsp3) is 0.727. The molecule has 2 atom stereocenters. The Morgan fingerprint density at radius 1 is 1.30 bits per heavy atom. The first-order valence-electron chi connectivity index (χ1n) is 11.3. The number of nitrogens with zero attached hydrogens (tertiary/aromatic N) is 4. The van der Waals surface area contributed by atoms with Gasteiger partial charge in [-0.15, -0.1) is 0 Å². The van der Waals surface area contributed by atoms with Gasteiger partial charge in [-0.05, 0) is 24.5 Å². The van der Waals surface area contributed by atoms with Crippen molar-refractivity contribution in [1.29, 1.82) is 0 Å². The van der Waals surface area contributed by atoms with Gasteiger partial charge in [0.05, 0.1) is 13.2 Å². The number of anilines is 1. The SMILES string of the molecule is CCC(CC)C(CNC(=NC)NC1CCN(c2ncccc2F)C1)N1CCOCC1. The van der Waals surface area contributed by atoms with Crippen molar-refractivity contribution in [3.8, 4) is 0 Å². The number of hydrogen-bond donors (Lipinski definition) is 2. The van der Waals surface area contributed by atoms with Gasteiger partial charge in [-0.3, -0.25) is 9.89 Å². The van der Waals surface area contributed by atoms with E-state index in [1.165, 1.54) is 18.9 Å². The largest absolute Gasteiger partial charge is 0.379 e. The monoisotopic (exact) mass is 420 g/mol. The molecule has 0 aliphatic carbocycles. The Morgan fingerprint density at radius 2 is 2.07 bits per heavy atom. The van der Waals surface area contributed by atoms with Crippen molar-refractivity contribution in [2.45, 2.75) is 45.2 Å². The summed E-state index contributed by atoms with van der Waals surface area (Å²) in [6.07, 6.45) is 4.90. The molecule has 3 rings (SSSR count). The second-order valence-electron chi connectivity index (χ2n) is 8.13. The molecule has 0 amide bonds. The van der Waals surface area contributed by atoms with Gasteiger partial charge >= 0.3 is 0 Å². The van der Waals surface area contributed by atoms with Crippen LogP contribution in [0.5, 0.6) is 0 Å². The summed E-state index contributed by atoms with van der Waals surface area (Å²) < 4.78 is 19.6. The standard InChI is InChI=1S/C22H37FN6O/c1-4-17(5-2)20(28-11-13-30-14-12-28)15-26-22(24-3)27-18-8-10-29(16-18)21-19(23)7-6-9-25-21/h6-7,9,17-18,20H,4-5,8,10-16H2,1-3H3,(H2,24,26,27). The van der Waals surface area contributed by atoms with Crippen molar-refractivity contribution in [2.75, 3.05) is 57.9 Å². The number of halogens is 1. The third-order valence-electron chi connectivity index (χ3n) is 6.38. The van der Waals surface area contributed by atoms with E-state index in [4.69, 9.17) is 4.74 Å². The van der Waals surface area contributed by atoms with Gasteiger partial charge < -0.3 is 20.3 Å². The van der Waals surface area contributed by atoms with Gasteiger partial charge in [0.15, 0.2) is 17.6 Å². The van der Waals surface area contributed by atoms with Crippen molar-refractivity contribution >= 4 is 11.8 Å². The van der Waals surface area contributed by atoms with Gasteiger partial charge in [-0.25, -0.2) is 9.37 Å². The highest BCUT2D eigenvalue weighted by molar-refractivity contribution is 5.80. The predicted molar refractivity (Wildman–Crippen MR) is 120 cm³/mol. The maximum atomic E-state index is 14.1. The Hall–Kier alpha value is -1.93. The molecule has 1 aromatic heterocycles. The van der Waals surface area contributed by atoms with Gasteiger partial charge in [0.25, 0.3) is 0 Å². The molecule has 0 aromatic carbocycles. The second kappa shape index (κ2) is 11.5. The van der Waals surface area contributed by atoms with E-state index in [0.717, 1.165) is 51.8 Å². The minimum atomic E-state index is -0.265. The van der Waals surface area contributed by atoms with Crippen LogP contribution in [0.1, 0.15) is 33.1 Å². The summed E-state index contributed by atoms with van der Waals surface area (Å²) in [5.41, 5.74) is 0. The summed E-state index contributed by atoms with van der Waals surface area (Å²) in [7, 11) is 1.81. The summed E-state index contributed by atoms with van der Waals surface area (Å²) in [5, 5.41) is 7.08. The van der Waals surface area contributed by atoms with Crippen LogP contribution in [-0.4, -0.2) is 80.9 Å². The minimum Gasteiger partial charge on any atom is -0.379 e. The van der Waals surface area contributed by atoms with E-state index in [9.17, 15) is 4.39 Å². The van der Waals surface area contributed by atoms with Crippen molar-refractivity contribution in [2.24, 2.45) is 10.9 Å². The highest BCUT2D eigenvalue weighted by atomic mass is 19.1. The molecule has 2 saturated heterocycles. The molecule has 2 fully saturated rings. The van der Waals surface area contributed by atoms with Crippen LogP contribution in [0.2, 0.25) is 0 Å². The third-order valence-corrected chi connectivity index (χ3v) is 6.38. The van der Waals surface area contributed by atoms with Crippen molar-refractivity contribution in [1.82, 2.24) is 20.5 Å². The Kier molecular flexibility index (Phi) is 8.69. The van der Waals surface area contributed by atoms with Gasteiger partial charge in [0.2, 0.25) is 0 Å². The topological polar surface area (TPSA) is 65.0 Å². The molecule has 2 N–H and O–H groups in total. The molecule has 1 aromatic rings. The van der Waals surface area contributed by atoms with Crippen LogP contribution in [0.3, 0.4) is 0 Å². The molecule has 0 spiro atoms. The van der Waals surface area contributed by atoms with E-state index in [1.54, 1.807) is 19.3 Å². The molecule has 168 valence electrons. The summed E-state index contributed by atoms with van der Waals surface area (Å²) >= 11 is 0. The average Bonchev–Trinajstić information content (AvgIpc) is 3.25. The molecule has 0 saturated carbocycles. The molecule has 7 nitrogen and oxygen atoms in total. The highest BCUT2D eigenvalue weighted by Crippen LogP contribution is 2.21. The third kappa shape index (κ3) is 5.82. The maximum absolute atomic E-state index is 14.1. The van der Waals surface area contributed by atoms with Gasteiger partial charge in [0, 0.05) is 58.1 Å². The molecule has 2 aliphatic heterocycles. The zero-order valence-corrected chi connectivity index (χ0v) is 18.6. The van der Waals surface area contributed by atoms with Crippen LogP contribution in [-0.2, 0) is 4.74 Å². The average molecular weight is 421 g/mol. The van der Waals surface area contributed by atoms with Crippen LogP contribution in [0.15, 0.2) is 23.3 Å². The summed E-state index contributed by atoms with van der Waals surface area (Å²) in [6.45, 7) is 10.5. The second-order valence-corrected chi connectivity index (χ2v) is 8.13. The number of rotatable bonds is 8. The van der Waals surface area contributed by atoms with Crippen molar-refractivity contribution in [3.05, 3.63) is 24.1 Å². The number of aromatic nitrogens is 1. The number of ether oxygens (including phenoxy) is 1. The smallest absolute Gasteiger partial charge is 0.191 e. The lowest BCUT2D eigenvalue weighted by Crippen LogP contribution is -2.54. The predicted octanol–water partition coefficient (Wildman–Crippen LogP) is 2.10. The molecular formula is C22H37FN6O. The molecule has 8 heteroatoms. The van der Waals surface area contributed by atoms with Crippen LogP contribution in [0.4, 0.5) is 10.2 Å². The number of hydrogen-bond acceptors (Lipinski definition) is 5. The van der Waals surface area contributed by atoms with E-state index in [2.05, 4.69) is 39.4 Å². The molecule has 30 heavy (non-hydrogen) atoms. The Balaban J connectivity index is 1.55. The Bertz CT molecular complexity index is 677. The zero-order valence-electron chi connectivity index (χ0n) is 18.6. The van der Waals surface area contributed by atoms with Crippen LogP contribution in [0, 0.1) is 11.7 Å². The first-order chi connectivity index (χ1) is 14.7. The van der Waals surface area contributed by atoms with Crippen molar-refractivity contribution < 1.29 is 9.13 Å². The molecule has 0 bridgehead atoms. The van der Waals surface area contributed by atoms with E-state index < -0.39 is 0 Å². The minimum absolute atomic E-state index is 0.215. The molecular weight excluding hydrogens is 383 g/mol. The number of morpholine rings is 1. The molecule has 2 aliphatic rings. The Labute approximate surface area is 180 Å². The number of guanidine groups is 1. The van der Waals surface area contributed by atoms with Gasteiger partial charge in [0.1, 0.15) is 0 Å². The summed E-state index contributed by atoms with van der Waals surface area (Å²) in [5.74, 6) is 1.63. The molecule has 2 unspecified atom stereocenters. The number of nitrogens with one attached hydrogen (secondary N) is 2. The lowest BCUT2D eigenvalue weighted by Gasteiger charge is -2.39. The maximum Gasteiger partial charge on any atom is 0.191 e. The van der Waals surface area contributed by atoms with E-state index in [0.29, 0.717) is 24.3 Å². The fourth-order valence-electron chi connectivity index (χ4n) is 4.61. The summed E-state index contributed by atoms with van der Waals surface area (Å²) in [6, 6.07) is 3.77. The molecule has 3 heterocycles. The van der Waals surface area contributed by atoms with Crippen LogP contribution < -0.4 is 15.5 Å². The fourth-order valence-corrected chi connectivity index (χ4v) is 4.61. The first kappa shape index (κ1) is 22.7. The first-order valence-corrected chi connectivity index (χ1v) is 11.3. The molecule has 0 radical (unpaired) electrons. The summed E-state index contributed by atoms with van der Waals surface area (Å²) in [4.78, 5) is 13.2. The van der Waals surface area contributed by atoms with Gasteiger partial charge in [-0.2, -0.15) is 0 Å². The van der Waals surface area contributed by atoms with E-state index in [-0.39, 0.29) is 11.9 Å². The normalized spacial score (nSPS) is 21.8. The Morgan fingerprint density at radius 3 is 2.73 bits per heavy atom. The van der Waals surface area contributed by atoms with Crippen LogP contribution >= 0.6 is 0 Å². The lowest BCUT2D eigenvalue weighted by atomic mass is 9.92. The zero-order chi connectivity index (χ0) is 21.3. The van der Waals surface area contributed by atoms with Gasteiger partial charge in [-0.1, -0.05) is 26.7 Å². The van der Waals surface area contributed by atoms with E-state index in [1.807, 2.05) is 4.90 Å². The van der Waals surface area contributed by atoms with E-state index >= 15 is 0 Å². The number of aliphatic imine (C=N–C) groups is 1. The quantitative estimate of drug-likeness (QED) is 0.496. The number of pyridine rings is 1.